The average Bonchev–Trinajstić information content (AvgIpc) is 2.29. The van der Waals surface area contributed by atoms with E-state index in [0.29, 0.717) is 0 Å². The van der Waals surface area contributed by atoms with E-state index in [1.54, 1.807) is 0 Å². The zero-order chi connectivity index (χ0) is 12.4. The fourth-order valence-corrected chi connectivity index (χ4v) is 2.00. The van der Waals surface area contributed by atoms with Gasteiger partial charge >= 0.3 is 0 Å². The predicted octanol–water partition coefficient (Wildman–Crippen LogP) is 3.78. The smallest absolute Gasteiger partial charge is 0.0343 e. The molecule has 88 valence electrons. The predicted molar refractivity (Wildman–Crippen MR) is 74.3 cm³/mol. The van der Waals surface area contributed by atoms with Gasteiger partial charge in [0.2, 0.25) is 0 Å². The van der Waals surface area contributed by atoms with Crippen LogP contribution in [0.15, 0.2) is 36.4 Å². The summed E-state index contributed by atoms with van der Waals surface area (Å²) in [6, 6.07) is 12.9. The van der Waals surface area contributed by atoms with Crippen LogP contribution in [0.25, 0.3) is 0 Å². The molecule has 2 N–H and O–H groups in total. The van der Waals surface area contributed by atoms with E-state index >= 15 is 0 Å². The molecule has 0 radical (unpaired) electrons. The summed E-state index contributed by atoms with van der Waals surface area (Å²) in [6.07, 6.45) is 0.974. The second kappa shape index (κ2) is 4.62. The summed E-state index contributed by atoms with van der Waals surface area (Å²) in [7, 11) is 0. The van der Waals surface area contributed by atoms with Gasteiger partial charge in [0.15, 0.2) is 0 Å². The van der Waals surface area contributed by atoms with E-state index in [1.165, 1.54) is 22.3 Å². The van der Waals surface area contributed by atoms with Crippen molar-refractivity contribution >= 4 is 5.69 Å². The molecule has 0 saturated carbocycles. The van der Waals surface area contributed by atoms with Crippen LogP contribution in [-0.2, 0) is 6.42 Å². The third-order valence-corrected chi connectivity index (χ3v) is 3.31. The van der Waals surface area contributed by atoms with E-state index in [9.17, 15) is 0 Å². The van der Waals surface area contributed by atoms with Crippen LogP contribution in [0, 0.1) is 20.8 Å². The molecule has 0 heterocycles. The number of anilines is 1. The number of benzene rings is 2. The minimum Gasteiger partial charge on any atom is -0.399 e. The minimum atomic E-state index is 0.869. The van der Waals surface area contributed by atoms with E-state index in [0.717, 1.165) is 17.7 Å². The van der Waals surface area contributed by atoms with Gasteiger partial charge in [-0.1, -0.05) is 30.3 Å². The van der Waals surface area contributed by atoms with Crippen molar-refractivity contribution in [3.8, 4) is 0 Å². The number of hydrogen-bond donors (Lipinski definition) is 1. The van der Waals surface area contributed by atoms with Crippen molar-refractivity contribution in [2.24, 2.45) is 0 Å². The van der Waals surface area contributed by atoms with Crippen molar-refractivity contribution in [3.05, 3.63) is 64.2 Å². The van der Waals surface area contributed by atoms with Gasteiger partial charge in [0, 0.05) is 5.69 Å². The lowest BCUT2D eigenvalue weighted by Crippen LogP contribution is -1.94. The van der Waals surface area contributed by atoms with Crippen LogP contribution in [-0.4, -0.2) is 0 Å². The number of hydrogen-bond acceptors (Lipinski definition) is 1. The van der Waals surface area contributed by atoms with Crippen molar-refractivity contribution < 1.29 is 0 Å². The topological polar surface area (TPSA) is 26.0 Å². The summed E-state index contributed by atoms with van der Waals surface area (Å²) in [5, 5.41) is 0. The highest BCUT2D eigenvalue weighted by Crippen LogP contribution is 2.17. The number of nitrogens with two attached hydrogens (primary N) is 1. The Hall–Kier alpha value is -1.76. The van der Waals surface area contributed by atoms with Gasteiger partial charge in [-0.15, -0.1) is 0 Å². The minimum absolute atomic E-state index is 0.869. The van der Waals surface area contributed by atoms with E-state index in [4.69, 9.17) is 5.73 Å². The lowest BCUT2D eigenvalue weighted by molar-refractivity contribution is 1.16. The first-order chi connectivity index (χ1) is 8.06. The first-order valence-electron chi connectivity index (χ1n) is 5.97. The van der Waals surface area contributed by atoms with Crippen molar-refractivity contribution in [1.82, 2.24) is 0 Å². The fourth-order valence-electron chi connectivity index (χ4n) is 2.00. The van der Waals surface area contributed by atoms with Gasteiger partial charge in [-0.2, -0.15) is 0 Å². The van der Waals surface area contributed by atoms with Gasteiger partial charge in [0.25, 0.3) is 0 Å². The molecule has 2 rings (SSSR count). The van der Waals surface area contributed by atoms with Crippen LogP contribution in [0.5, 0.6) is 0 Å². The lowest BCUT2D eigenvalue weighted by atomic mass is 9.99. The Kier molecular flexibility index (Phi) is 3.19. The van der Waals surface area contributed by atoms with Gasteiger partial charge < -0.3 is 5.73 Å². The summed E-state index contributed by atoms with van der Waals surface area (Å²) in [6.45, 7) is 6.36. The maximum atomic E-state index is 5.83. The fraction of sp³-hybridized carbons (Fsp3) is 0.250. The molecular weight excluding hydrogens is 206 g/mol. The Balaban J connectivity index is 2.25. The summed E-state index contributed by atoms with van der Waals surface area (Å²) in [5.41, 5.74) is 13.2. The Morgan fingerprint density at radius 3 is 1.94 bits per heavy atom. The second-order valence-electron chi connectivity index (χ2n) is 4.79. The molecule has 1 nitrogen and oxygen atoms in total. The number of nitrogen functional groups attached to an aromatic ring is 1. The average molecular weight is 225 g/mol. The van der Waals surface area contributed by atoms with E-state index < -0.39 is 0 Å². The molecule has 0 aliphatic heterocycles. The molecule has 17 heavy (non-hydrogen) atoms. The Morgan fingerprint density at radius 1 is 0.765 bits per heavy atom. The quantitative estimate of drug-likeness (QED) is 0.773. The van der Waals surface area contributed by atoms with Gasteiger partial charge in [0.1, 0.15) is 0 Å². The molecule has 0 fully saturated rings. The van der Waals surface area contributed by atoms with E-state index in [2.05, 4.69) is 51.1 Å². The molecule has 0 bridgehead atoms. The normalized spacial score (nSPS) is 10.5. The molecule has 0 atom stereocenters. The first-order valence-corrected chi connectivity index (χ1v) is 5.97. The molecule has 2 aromatic carbocycles. The van der Waals surface area contributed by atoms with Crippen LogP contribution in [0.3, 0.4) is 0 Å². The van der Waals surface area contributed by atoms with Crippen molar-refractivity contribution in [3.63, 3.8) is 0 Å². The molecule has 0 aliphatic carbocycles. The van der Waals surface area contributed by atoms with Crippen molar-refractivity contribution in [2.75, 3.05) is 5.73 Å². The van der Waals surface area contributed by atoms with Gasteiger partial charge in [-0.05, 0) is 61.1 Å². The van der Waals surface area contributed by atoms with E-state index in [-0.39, 0.29) is 0 Å². The first kappa shape index (κ1) is 11.7. The van der Waals surface area contributed by atoms with Crippen molar-refractivity contribution in [1.29, 1.82) is 0 Å². The summed E-state index contributed by atoms with van der Waals surface area (Å²) < 4.78 is 0. The third-order valence-electron chi connectivity index (χ3n) is 3.31. The molecule has 0 aliphatic rings. The Bertz CT molecular complexity index is 492. The summed E-state index contributed by atoms with van der Waals surface area (Å²) in [5.74, 6) is 0. The third kappa shape index (κ3) is 2.68. The molecular formula is C16H19N. The van der Waals surface area contributed by atoms with Crippen LogP contribution < -0.4 is 5.73 Å². The number of rotatable bonds is 2. The van der Waals surface area contributed by atoms with Crippen molar-refractivity contribution in [2.45, 2.75) is 27.2 Å². The highest BCUT2D eigenvalue weighted by Gasteiger charge is 2.00. The largest absolute Gasteiger partial charge is 0.399 e. The summed E-state index contributed by atoms with van der Waals surface area (Å²) >= 11 is 0. The van der Waals surface area contributed by atoms with Gasteiger partial charge in [0.05, 0.1) is 0 Å². The molecule has 1 heteroatoms. The molecule has 0 aromatic heterocycles. The molecule has 0 unspecified atom stereocenters. The van der Waals surface area contributed by atoms with E-state index in [1.807, 2.05) is 6.07 Å². The monoisotopic (exact) mass is 225 g/mol. The molecule has 0 amide bonds. The maximum Gasteiger partial charge on any atom is 0.0343 e. The maximum absolute atomic E-state index is 5.83. The SMILES string of the molecule is Cc1ccc(Cc2ccc(N)c(C)c2)cc1C. The zero-order valence-electron chi connectivity index (χ0n) is 10.7. The molecule has 2 aromatic rings. The van der Waals surface area contributed by atoms with Crippen LogP contribution in [0.4, 0.5) is 5.69 Å². The highest BCUT2D eigenvalue weighted by atomic mass is 14.5. The summed E-state index contributed by atoms with van der Waals surface area (Å²) in [4.78, 5) is 0. The molecule has 0 saturated heterocycles. The highest BCUT2D eigenvalue weighted by molar-refractivity contribution is 5.48. The Labute approximate surface area is 103 Å². The number of aryl methyl sites for hydroxylation is 3. The zero-order valence-corrected chi connectivity index (χ0v) is 10.7. The standard InChI is InChI=1S/C16H19N/c1-11-4-5-14(8-12(11)2)10-15-6-7-16(17)13(3)9-15/h4-9H,10,17H2,1-3H3. The lowest BCUT2D eigenvalue weighted by Gasteiger charge is -2.07. The second-order valence-corrected chi connectivity index (χ2v) is 4.79. The van der Waals surface area contributed by atoms with Gasteiger partial charge in [-0.25, -0.2) is 0 Å². The molecule has 0 spiro atoms. The van der Waals surface area contributed by atoms with Crippen LogP contribution >= 0.6 is 0 Å². The van der Waals surface area contributed by atoms with Gasteiger partial charge in [-0.3, -0.25) is 0 Å². The Morgan fingerprint density at radius 2 is 1.35 bits per heavy atom. The van der Waals surface area contributed by atoms with Crippen LogP contribution in [0.1, 0.15) is 27.8 Å². The van der Waals surface area contributed by atoms with Crippen LogP contribution in [0.2, 0.25) is 0 Å².